The van der Waals surface area contributed by atoms with Crippen molar-refractivity contribution in [1.29, 1.82) is 0 Å². The van der Waals surface area contributed by atoms with Crippen LogP contribution in [0.1, 0.15) is 43.5 Å². The van der Waals surface area contributed by atoms with Crippen LogP contribution in [0.4, 0.5) is 10.6 Å². The molecule has 2 saturated heterocycles. The van der Waals surface area contributed by atoms with Crippen LogP contribution in [-0.2, 0) is 4.74 Å². The molecule has 26 heavy (non-hydrogen) atoms. The normalized spacial score (nSPS) is 21.9. The van der Waals surface area contributed by atoms with Crippen molar-refractivity contribution >= 4 is 29.4 Å². The third-order valence-corrected chi connectivity index (χ3v) is 5.17. The van der Waals surface area contributed by atoms with Gasteiger partial charge in [0.2, 0.25) is 0 Å². The second-order valence-electron chi connectivity index (χ2n) is 7.50. The Bertz CT molecular complexity index is 722. The summed E-state index contributed by atoms with van der Waals surface area (Å²) in [5.41, 5.74) is -0.0903. The van der Waals surface area contributed by atoms with E-state index in [4.69, 9.17) is 16.3 Å². The molecule has 0 unspecified atom stereocenters. The van der Waals surface area contributed by atoms with E-state index >= 15 is 0 Å². The van der Waals surface area contributed by atoms with Gasteiger partial charge in [0, 0.05) is 38.8 Å². The lowest BCUT2D eigenvalue weighted by atomic mass is 9.99. The Hall–Kier alpha value is -2.02. The summed E-state index contributed by atoms with van der Waals surface area (Å²) < 4.78 is 5.17. The minimum absolute atomic E-state index is 0.0295. The minimum atomic E-state index is -0.610. The van der Waals surface area contributed by atoms with Crippen molar-refractivity contribution < 1.29 is 14.3 Å². The van der Waals surface area contributed by atoms with E-state index in [0.717, 1.165) is 19.3 Å². The predicted octanol–water partition coefficient (Wildman–Crippen LogP) is 2.98. The van der Waals surface area contributed by atoms with Gasteiger partial charge in [-0.1, -0.05) is 11.6 Å². The Morgan fingerprint density at radius 2 is 2.12 bits per heavy atom. The van der Waals surface area contributed by atoms with E-state index in [1.165, 1.54) is 0 Å². The SMILES string of the molecule is CN(C)c1cc(C(=O)N2CCCC[C@@H]2CN2C(=O)OC2(C)C)cc(Cl)n1. The zero-order chi connectivity index (χ0) is 19.1. The van der Waals surface area contributed by atoms with Crippen molar-refractivity contribution in [2.75, 3.05) is 32.1 Å². The molecule has 3 rings (SSSR count). The highest BCUT2D eigenvalue weighted by Crippen LogP contribution is 2.31. The molecule has 2 amide bonds. The average Bonchev–Trinajstić information content (AvgIpc) is 2.58. The molecular formula is C18H25ClN4O3. The van der Waals surface area contributed by atoms with Crippen LogP contribution in [0.15, 0.2) is 12.1 Å². The summed E-state index contributed by atoms with van der Waals surface area (Å²) in [6.07, 6.45) is 2.54. The topological polar surface area (TPSA) is 66.0 Å². The Balaban J connectivity index is 1.81. The number of nitrogens with zero attached hydrogens (tertiary/aromatic N) is 4. The van der Waals surface area contributed by atoms with Gasteiger partial charge in [0.05, 0.1) is 0 Å². The molecule has 8 heteroatoms. The highest BCUT2D eigenvalue weighted by Gasteiger charge is 2.47. The van der Waals surface area contributed by atoms with Crippen LogP contribution in [0.3, 0.4) is 0 Å². The highest BCUT2D eigenvalue weighted by atomic mass is 35.5. The number of piperidine rings is 1. The molecule has 1 aromatic rings. The lowest BCUT2D eigenvalue weighted by molar-refractivity contribution is -0.167. The van der Waals surface area contributed by atoms with E-state index in [9.17, 15) is 9.59 Å². The van der Waals surface area contributed by atoms with E-state index in [-0.39, 0.29) is 18.0 Å². The minimum Gasteiger partial charge on any atom is -0.423 e. The highest BCUT2D eigenvalue weighted by molar-refractivity contribution is 6.29. The fourth-order valence-electron chi connectivity index (χ4n) is 3.47. The van der Waals surface area contributed by atoms with Crippen molar-refractivity contribution in [1.82, 2.24) is 14.8 Å². The smallest absolute Gasteiger partial charge is 0.415 e. The van der Waals surface area contributed by atoms with Crippen LogP contribution in [0.5, 0.6) is 0 Å². The molecule has 0 radical (unpaired) electrons. The van der Waals surface area contributed by atoms with Crippen molar-refractivity contribution in [2.24, 2.45) is 0 Å². The first-order valence-electron chi connectivity index (χ1n) is 8.85. The van der Waals surface area contributed by atoms with Crippen LogP contribution in [0.25, 0.3) is 0 Å². The van der Waals surface area contributed by atoms with E-state index in [0.29, 0.717) is 29.6 Å². The Morgan fingerprint density at radius 3 is 2.73 bits per heavy atom. The molecule has 1 atom stereocenters. The maximum Gasteiger partial charge on any atom is 0.415 e. The molecule has 0 bridgehead atoms. The number of anilines is 1. The molecule has 0 aromatic carbocycles. The van der Waals surface area contributed by atoms with Crippen molar-refractivity contribution in [3.63, 3.8) is 0 Å². The van der Waals surface area contributed by atoms with Gasteiger partial charge in [-0.05, 0) is 45.2 Å². The number of rotatable bonds is 4. The molecule has 2 aliphatic heterocycles. The van der Waals surface area contributed by atoms with Gasteiger partial charge in [0.25, 0.3) is 5.91 Å². The van der Waals surface area contributed by atoms with Gasteiger partial charge in [0.15, 0.2) is 5.72 Å². The molecule has 142 valence electrons. The number of hydrogen-bond donors (Lipinski definition) is 0. The number of carbonyl (C=O) groups excluding carboxylic acids is 2. The fraction of sp³-hybridized carbons (Fsp3) is 0.611. The number of likely N-dealkylation sites (tertiary alicyclic amines) is 1. The Labute approximate surface area is 158 Å². The maximum absolute atomic E-state index is 13.2. The van der Waals surface area contributed by atoms with Gasteiger partial charge >= 0.3 is 6.09 Å². The van der Waals surface area contributed by atoms with E-state index < -0.39 is 5.72 Å². The fourth-order valence-corrected chi connectivity index (χ4v) is 3.67. The number of carbonyl (C=O) groups is 2. The first kappa shape index (κ1) is 18.8. The zero-order valence-corrected chi connectivity index (χ0v) is 16.4. The van der Waals surface area contributed by atoms with Crippen LogP contribution >= 0.6 is 11.6 Å². The molecule has 0 spiro atoms. The van der Waals surface area contributed by atoms with Crippen molar-refractivity contribution in [3.05, 3.63) is 22.8 Å². The van der Waals surface area contributed by atoms with Gasteiger partial charge in [-0.15, -0.1) is 0 Å². The summed E-state index contributed by atoms with van der Waals surface area (Å²) in [6.45, 7) is 4.87. The Morgan fingerprint density at radius 1 is 1.38 bits per heavy atom. The van der Waals surface area contributed by atoms with Gasteiger partial charge in [0.1, 0.15) is 11.0 Å². The van der Waals surface area contributed by atoms with Crippen LogP contribution in [0.2, 0.25) is 5.15 Å². The molecule has 3 heterocycles. The number of ether oxygens (including phenoxy) is 1. The van der Waals surface area contributed by atoms with Gasteiger partial charge in [-0.25, -0.2) is 9.78 Å². The average molecular weight is 381 g/mol. The van der Waals surface area contributed by atoms with Crippen molar-refractivity contribution in [3.8, 4) is 0 Å². The summed E-state index contributed by atoms with van der Waals surface area (Å²) in [5, 5.41) is 0.292. The maximum atomic E-state index is 13.2. The molecule has 1 aromatic heterocycles. The number of cyclic esters (lactones) is 1. The van der Waals surface area contributed by atoms with E-state index in [1.807, 2.05) is 37.7 Å². The zero-order valence-electron chi connectivity index (χ0n) is 15.7. The monoisotopic (exact) mass is 380 g/mol. The quantitative estimate of drug-likeness (QED) is 0.751. The van der Waals surface area contributed by atoms with E-state index in [2.05, 4.69) is 4.98 Å². The van der Waals surface area contributed by atoms with Crippen molar-refractivity contribution in [2.45, 2.75) is 44.9 Å². The molecule has 2 fully saturated rings. The molecular weight excluding hydrogens is 356 g/mol. The first-order valence-corrected chi connectivity index (χ1v) is 9.23. The number of pyridine rings is 1. The second-order valence-corrected chi connectivity index (χ2v) is 7.89. The van der Waals surface area contributed by atoms with E-state index in [1.54, 1.807) is 17.0 Å². The lowest BCUT2D eigenvalue weighted by Gasteiger charge is -2.49. The largest absolute Gasteiger partial charge is 0.423 e. The first-order chi connectivity index (χ1) is 12.2. The summed E-state index contributed by atoms with van der Waals surface area (Å²) in [5.74, 6) is 0.565. The van der Waals surface area contributed by atoms with Gasteiger partial charge in [-0.3, -0.25) is 9.69 Å². The Kier molecular flexibility index (Phi) is 5.01. The second kappa shape index (κ2) is 6.95. The van der Waals surface area contributed by atoms with Gasteiger partial charge < -0.3 is 14.5 Å². The molecule has 0 aliphatic carbocycles. The van der Waals surface area contributed by atoms with Crippen LogP contribution < -0.4 is 4.90 Å². The lowest BCUT2D eigenvalue weighted by Crippen LogP contribution is -2.65. The molecule has 0 saturated carbocycles. The molecule has 2 aliphatic rings. The van der Waals surface area contributed by atoms with Crippen LogP contribution in [0, 0.1) is 0 Å². The summed E-state index contributed by atoms with van der Waals surface area (Å²) >= 11 is 6.11. The predicted molar refractivity (Wildman–Crippen MR) is 99.5 cm³/mol. The third kappa shape index (κ3) is 3.58. The van der Waals surface area contributed by atoms with Gasteiger partial charge in [-0.2, -0.15) is 0 Å². The summed E-state index contributed by atoms with van der Waals surface area (Å²) in [7, 11) is 3.71. The molecule has 7 nitrogen and oxygen atoms in total. The number of aromatic nitrogens is 1. The molecule has 0 N–H and O–H groups in total. The number of halogens is 1. The number of amides is 2. The van der Waals surface area contributed by atoms with Crippen LogP contribution in [-0.4, -0.2) is 65.7 Å². The number of hydrogen-bond acceptors (Lipinski definition) is 5. The summed E-state index contributed by atoms with van der Waals surface area (Å²) in [4.78, 5) is 34.5. The summed E-state index contributed by atoms with van der Waals surface area (Å²) in [6, 6.07) is 3.32. The third-order valence-electron chi connectivity index (χ3n) is 4.97. The standard InChI is InChI=1S/C18H25ClN4O3/c1-18(2)23(17(25)26-18)11-13-7-5-6-8-22(13)16(24)12-9-14(19)20-15(10-12)21(3)4/h9-10,13H,5-8,11H2,1-4H3/t13-/m1/s1.